The molecule has 1 aliphatic heterocycles. The lowest BCUT2D eigenvalue weighted by Gasteiger charge is -2.18. The normalized spacial score (nSPS) is 15.7. The van der Waals surface area contributed by atoms with Gasteiger partial charge in [-0.2, -0.15) is 0 Å². The molecule has 0 radical (unpaired) electrons. The molecule has 9 nitrogen and oxygen atoms in total. The number of hydrogen-bond acceptors (Lipinski definition) is 6. The Morgan fingerprint density at radius 3 is 2.42 bits per heavy atom. The van der Waals surface area contributed by atoms with Gasteiger partial charge in [0.1, 0.15) is 23.6 Å². The standard InChI is InChI=1S/C24H25F3N4O5/c1-13(32)28-11-17-12-31(23(34)35-17)16-8-19(26)21(20(27)9-16)14-5-6-15(18(25)7-14)10-29-36-22(33)30-24(2,3)4/h5-10,17H,11-12H2,1-4H3,(H,28,32)(H,30,33)/t17-/m0/s1. The third-order valence-corrected chi connectivity index (χ3v) is 4.88. The van der Waals surface area contributed by atoms with Crippen LogP contribution < -0.4 is 15.5 Å². The Hall–Kier alpha value is -4.09. The highest BCUT2D eigenvalue weighted by atomic mass is 19.1. The third kappa shape index (κ3) is 6.74. The van der Waals surface area contributed by atoms with Crippen LogP contribution >= 0.6 is 0 Å². The topological polar surface area (TPSA) is 109 Å². The molecular weight excluding hydrogens is 481 g/mol. The SMILES string of the molecule is CC(=O)NC[C@H]1CN(c2cc(F)c(-c3ccc(C=NOC(=O)NC(C)(C)C)c(F)c3)c(F)c2)C(=O)O1. The predicted octanol–water partition coefficient (Wildman–Crippen LogP) is 4.09. The van der Waals surface area contributed by atoms with Gasteiger partial charge in [0.05, 0.1) is 30.6 Å². The lowest BCUT2D eigenvalue weighted by molar-refractivity contribution is -0.119. The van der Waals surface area contributed by atoms with E-state index in [0.29, 0.717) is 0 Å². The zero-order valence-electron chi connectivity index (χ0n) is 20.0. The Kier molecular flexibility index (Phi) is 7.86. The average molecular weight is 506 g/mol. The number of ether oxygens (including phenoxy) is 1. The summed E-state index contributed by atoms with van der Waals surface area (Å²) in [6.45, 7) is 6.56. The number of cyclic esters (lactones) is 1. The molecule has 1 atom stereocenters. The number of anilines is 1. The maximum absolute atomic E-state index is 14.9. The van der Waals surface area contributed by atoms with E-state index in [0.717, 1.165) is 29.3 Å². The van der Waals surface area contributed by atoms with Gasteiger partial charge in [-0.15, -0.1) is 0 Å². The van der Waals surface area contributed by atoms with Crippen LogP contribution in [0.15, 0.2) is 35.5 Å². The van der Waals surface area contributed by atoms with Gasteiger partial charge in [-0.05, 0) is 50.6 Å². The summed E-state index contributed by atoms with van der Waals surface area (Å²) < 4.78 is 49.5. The van der Waals surface area contributed by atoms with Crippen molar-refractivity contribution in [2.45, 2.75) is 39.3 Å². The second-order valence-electron chi connectivity index (χ2n) is 9.06. The molecule has 12 heteroatoms. The lowest BCUT2D eigenvalue weighted by atomic mass is 10.0. The third-order valence-electron chi connectivity index (χ3n) is 4.88. The van der Waals surface area contributed by atoms with E-state index in [-0.39, 0.29) is 35.8 Å². The number of carbonyl (C=O) groups is 3. The summed E-state index contributed by atoms with van der Waals surface area (Å²) in [4.78, 5) is 40.4. The number of nitrogens with zero attached hydrogens (tertiary/aromatic N) is 2. The number of oxime groups is 1. The van der Waals surface area contributed by atoms with E-state index in [2.05, 4.69) is 20.6 Å². The molecule has 1 aliphatic rings. The van der Waals surface area contributed by atoms with Crippen LogP contribution in [-0.4, -0.2) is 49.0 Å². The molecule has 0 aliphatic carbocycles. The van der Waals surface area contributed by atoms with Crippen LogP contribution in [0.2, 0.25) is 0 Å². The molecule has 192 valence electrons. The van der Waals surface area contributed by atoms with Crippen molar-refractivity contribution in [1.29, 1.82) is 0 Å². The van der Waals surface area contributed by atoms with Gasteiger partial charge in [0.15, 0.2) is 0 Å². The van der Waals surface area contributed by atoms with Crippen LogP contribution in [0.1, 0.15) is 33.3 Å². The molecule has 1 heterocycles. The van der Waals surface area contributed by atoms with Gasteiger partial charge in [-0.1, -0.05) is 11.2 Å². The molecule has 1 saturated heterocycles. The molecule has 0 saturated carbocycles. The number of carbonyl (C=O) groups excluding carboxylic acids is 3. The molecule has 0 spiro atoms. The average Bonchev–Trinajstić information content (AvgIpc) is 3.12. The first-order valence-electron chi connectivity index (χ1n) is 10.9. The van der Waals surface area contributed by atoms with E-state index in [4.69, 9.17) is 4.74 Å². The maximum atomic E-state index is 14.9. The van der Waals surface area contributed by atoms with Crippen molar-refractivity contribution in [3.63, 3.8) is 0 Å². The summed E-state index contributed by atoms with van der Waals surface area (Å²) in [5.74, 6) is -3.21. The molecular formula is C24H25F3N4O5. The van der Waals surface area contributed by atoms with Crippen molar-refractivity contribution in [1.82, 2.24) is 10.6 Å². The minimum absolute atomic E-state index is 0.0180. The van der Waals surface area contributed by atoms with Crippen LogP contribution in [0.4, 0.5) is 28.4 Å². The highest BCUT2D eigenvalue weighted by molar-refractivity contribution is 5.90. The molecule has 3 amide bonds. The fourth-order valence-corrected chi connectivity index (χ4v) is 3.33. The quantitative estimate of drug-likeness (QED) is 0.349. The number of rotatable bonds is 6. The molecule has 2 aromatic rings. The van der Waals surface area contributed by atoms with Crippen LogP contribution in [0.5, 0.6) is 0 Å². The summed E-state index contributed by atoms with van der Waals surface area (Å²) in [6, 6.07) is 5.28. The number of benzene rings is 2. The Morgan fingerprint density at radius 2 is 1.83 bits per heavy atom. The van der Waals surface area contributed by atoms with Gasteiger partial charge >= 0.3 is 12.2 Å². The van der Waals surface area contributed by atoms with Crippen molar-refractivity contribution in [2.24, 2.45) is 5.16 Å². The van der Waals surface area contributed by atoms with E-state index in [1.54, 1.807) is 20.8 Å². The molecule has 2 N–H and O–H groups in total. The van der Waals surface area contributed by atoms with Crippen molar-refractivity contribution >= 4 is 30.0 Å². The van der Waals surface area contributed by atoms with E-state index < -0.39 is 46.8 Å². The Balaban J connectivity index is 1.75. The Bertz CT molecular complexity index is 1190. The second-order valence-corrected chi connectivity index (χ2v) is 9.06. The first-order chi connectivity index (χ1) is 16.8. The highest BCUT2D eigenvalue weighted by Gasteiger charge is 2.33. The smallest absolute Gasteiger partial charge is 0.433 e. The summed E-state index contributed by atoms with van der Waals surface area (Å²) >= 11 is 0. The fraction of sp³-hybridized carbons (Fsp3) is 0.333. The van der Waals surface area contributed by atoms with Crippen molar-refractivity contribution in [3.8, 4) is 11.1 Å². The van der Waals surface area contributed by atoms with Gasteiger partial charge in [-0.25, -0.2) is 22.8 Å². The van der Waals surface area contributed by atoms with E-state index in [1.807, 2.05) is 0 Å². The largest absolute Gasteiger partial charge is 0.442 e. The monoisotopic (exact) mass is 506 g/mol. The zero-order valence-corrected chi connectivity index (χ0v) is 20.0. The van der Waals surface area contributed by atoms with Gasteiger partial charge in [0, 0.05) is 18.0 Å². The first kappa shape index (κ1) is 26.5. The molecule has 0 unspecified atom stereocenters. The summed E-state index contributed by atoms with van der Waals surface area (Å²) in [5.41, 5.74) is -1.30. The fourth-order valence-electron chi connectivity index (χ4n) is 3.33. The maximum Gasteiger partial charge on any atom is 0.433 e. The number of nitrogens with one attached hydrogen (secondary N) is 2. The minimum Gasteiger partial charge on any atom is -0.442 e. The van der Waals surface area contributed by atoms with Crippen LogP contribution in [0, 0.1) is 17.5 Å². The van der Waals surface area contributed by atoms with Gasteiger partial charge in [0.2, 0.25) is 5.91 Å². The van der Waals surface area contributed by atoms with Gasteiger partial charge < -0.3 is 15.4 Å². The Morgan fingerprint density at radius 1 is 1.17 bits per heavy atom. The van der Waals surface area contributed by atoms with Crippen molar-refractivity contribution in [2.75, 3.05) is 18.0 Å². The highest BCUT2D eigenvalue weighted by Crippen LogP contribution is 2.32. The molecule has 0 aromatic heterocycles. The van der Waals surface area contributed by atoms with Crippen molar-refractivity contribution < 1.29 is 37.1 Å². The molecule has 36 heavy (non-hydrogen) atoms. The van der Waals surface area contributed by atoms with E-state index in [1.165, 1.54) is 19.1 Å². The summed E-state index contributed by atoms with van der Waals surface area (Å²) in [5, 5.41) is 8.43. The van der Waals surface area contributed by atoms with Crippen LogP contribution in [-0.2, 0) is 14.4 Å². The predicted molar refractivity (Wildman–Crippen MR) is 125 cm³/mol. The van der Waals surface area contributed by atoms with Crippen LogP contribution in [0.3, 0.4) is 0 Å². The van der Waals surface area contributed by atoms with E-state index >= 15 is 0 Å². The lowest BCUT2D eigenvalue weighted by Crippen LogP contribution is -2.40. The molecule has 1 fully saturated rings. The molecule has 0 bridgehead atoms. The van der Waals surface area contributed by atoms with Crippen LogP contribution in [0.25, 0.3) is 11.1 Å². The zero-order chi connectivity index (χ0) is 26.6. The first-order valence-corrected chi connectivity index (χ1v) is 10.9. The molecule has 3 rings (SSSR count). The number of amides is 3. The summed E-state index contributed by atoms with van der Waals surface area (Å²) in [6.07, 6.45) is -1.37. The summed E-state index contributed by atoms with van der Waals surface area (Å²) in [7, 11) is 0. The van der Waals surface area contributed by atoms with E-state index in [9.17, 15) is 27.6 Å². The van der Waals surface area contributed by atoms with Gasteiger partial charge in [0.25, 0.3) is 0 Å². The Labute approximate surface area is 205 Å². The number of hydrogen-bond donors (Lipinski definition) is 2. The van der Waals surface area contributed by atoms with Gasteiger partial charge in [-0.3, -0.25) is 14.5 Å². The minimum atomic E-state index is -1.02. The second kappa shape index (κ2) is 10.7. The van der Waals surface area contributed by atoms with Crippen molar-refractivity contribution in [3.05, 3.63) is 53.3 Å². The molecule has 2 aromatic carbocycles. The number of halogens is 3.